The Morgan fingerprint density at radius 1 is 1.62 bits per heavy atom. The molecule has 8 heavy (non-hydrogen) atoms. The molecule has 0 atom stereocenters. The SMILES string of the molecule is CC1=C[CH]N(C)CC1. The maximum atomic E-state index is 2.20. The molecular formula is C7H12N. The topological polar surface area (TPSA) is 3.24 Å². The van der Waals surface area contributed by atoms with Gasteiger partial charge in [-0.1, -0.05) is 11.6 Å². The summed E-state index contributed by atoms with van der Waals surface area (Å²) in [6.45, 7) is 5.48. The normalized spacial score (nSPS) is 23.0. The van der Waals surface area contributed by atoms with Gasteiger partial charge in [0.1, 0.15) is 0 Å². The van der Waals surface area contributed by atoms with E-state index in [0.717, 1.165) is 0 Å². The summed E-state index contributed by atoms with van der Waals surface area (Å²) >= 11 is 0. The Morgan fingerprint density at radius 2 is 2.38 bits per heavy atom. The van der Waals surface area contributed by atoms with E-state index in [1.165, 1.54) is 18.5 Å². The van der Waals surface area contributed by atoms with Crippen LogP contribution >= 0.6 is 0 Å². The van der Waals surface area contributed by atoms with E-state index in [-0.39, 0.29) is 0 Å². The summed E-state index contributed by atoms with van der Waals surface area (Å²) in [7, 11) is 2.10. The molecule has 1 aliphatic heterocycles. The summed E-state index contributed by atoms with van der Waals surface area (Å²) in [6.07, 6.45) is 3.40. The van der Waals surface area contributed by atoms with Crippen LogP contribution in [0.2, 0.25) is 0 Å². The molecule has 0 saturated carbocycles. The molecule has 0 N–H and O–H groups in total. The maximum Gasteiger partial charge on any atom is 0.0469 e. The van der Waals surface area contributed by atoms with Gasteiger partial charge in [0.05, 0.1) is 0 Å². The van der Waals surface area contributed by atoms with Crippen molar-refractivity contribution in [3.63, 3.8) is 0 Å². The van der Waals surface area contributed by atoms with E-state index in [4.69, 9.17) is 0 Å². The summed E-state index contributed by atoms with van der Waals surface area (Å²) in [6, 6.07) is 0. The number of rotatable bonds is 0. The molecule has 0 aromatic carbocycles. The molecule has 0 amide bonds. The lowest BCUT2D eigenvalue weighted by Crippen LogP contribution is -2.19. The van der Waals surface area contributed by atoms with Gasteiger partial charge < -0.3 is 0 Å². The molecule has 0 aromatic rings. The molecule has 0 spiro atoms. The lowest BCUT2D eigenvalue weighted by Gasteiger charge is -2.18. The highest BCUT2D eigenvalue weighted by Gasteiger charge is 2.02. The van der Waals surface area contributed by atoms with Gasteiger partial charge in [-0.2, -0.15) is 0 Å². The second-order valence-electron chi connectivity index (χ2n) is 2.39. The van der Waals surface area contributed by atoms with Gasteiger partial charge in [0, 0.05) is 13.1 Å². The minimum Gasteiger partial charge on any atom is -0.298 e. The van der Waals surface area contributed by atoms with Crippen molar-refractivity contribution in [1.29, 1.82) is 0 Å². The first-order valence-corrected chi connectivity index (χ1v) is 3.00. The summed E-state index contributed by atoms with van der Waals surface area (Å²) < 4.78 is 0. The van der Waals surface area contributed by atoms with Crippen LogP contribution in [-0.2, 0) is 0 Å². The number of nitrogens with zero attached hydrogens (tertiary/aromatic N) is 1. The highest BCUT2D eigenvalue weighted by Crippen LogP contribution is 2.09. The second-order valence-corrected chi connectivity index (χ2v) is 2.39. The van der Waals surface area contributed by atoms with E-state index in [0.29, 0.717) is 0 Å². The average Bonchev–Trinajstić information content (AvgIpc) is 1.77. The smallest absolute Gasteiger partial charge is 0.0469 e. The standard InChI is InChI=1S/C7H12N/c1-7-3-5-8(2)6-4-7/h3,5H,4,6H2,1-2H3. The van der Waals surface area contributed by atoms with Crippen molar-refractivity contribution >= 4 is 0 Å². The first-order valence-electron chi connectivity index (χ1n) is 3.00. The van der Waals surface area contributed by atoms with Gasteiger partial charge in [-0.15, -0.1) is 0 Å². The van der Waals surface area contributed by atoms with E-state index < -0.39 is 0 Å². The van der Waals surface area contributed by atoms with Crippen LogP contribution in [0.5, 0.6) is 0 Å². The van der Waals surface area contributed by atoms with Crippen molar-refractivity contribution in [3.05, 3.63) is 18.2 Å². The van der Waals surface area contributed by atoms with Crippen LogP contribution in [0.1, 0.15) is 13.3 Å². The third kappa shape index (κ3) is 1.34. The minimum absolute atomic E-state index is 1.18. The molecule has 0 unspecified atom stereocenters. The number of hydrogen-bond donors (Lipinski definition) is 0. The fraction of sp³-hybridized carbons (Fsp3) is 0.571. The van der Waals surface area contributed by atoms with Gasteiger partial charge in [0.15, 0.2) is 0 Å². The lowest BCUT2D eigenvalue weighted by atomic mass is 10.1. The zero-order valence-corrected chi connectivity index (χ0v) is 5.52. The van der Waals surface area contributed by atoms with Gasteiger partial charge >= 0.3 is 0 Å². The number of likely N-dealkylation sites (N-methyl/N-ethyl adjacent to an activating group) is 1. The minimum atomic E-state index is 1.18. The van der Waals surface area contributed by atoms with Gasteiger partial charge in [0.2, 0.25) is 0 Å². The molecule has 1 aliphatic rings. The summed E-state index contributed by atoms with van der Waals surface area (Å²) in [5.41, 5.74) is 1.49. The largest absolute Gasteiger partial charge is 0.298 e. The predicted octanol–water partition coefficient (Wildman–Crippen LogP) is 1.43. The third-order valence-corrected chi connectivity index (χ3v) is 1.47. The Hall–Kier alpha value is -0.300. The molecule has 1 heterocycles. The van der Waals surface area contributed by atoms with Crippen molar-refractivity contribution in [2.75, 3.05) is 13.6 Å². The Labute approximate surface area is 51.0 Å². The molecule has 0 aliphatic carbocycles. The fourth-order valence-electron chi connectivity index (χ4n) is 0.765. The van der Waals surface area contributed by atoms with Crippen LogP contribution < -0.4 is 0 Å². The van der Waals surface area contributed by atoms with Crippen LogP contribution in [0.3, 0.4) is 0 Å². The molecule has 0 saturated heterocycles. The van der Waals surface area contributed by atoms with Crippen molar-refractivity contribution < 1.29 is 0 Å². The van der Waals surface area contributed by atoms with Crippen LogP contribution in [0, 0.1) is 6.54 Å². The van der Waals surface area contributed by atoms with E-state index in [9.17, 15) is 0 Å². The average molecular weight is 110 g/mol. The Balaban J connectivity index is 2.42. The third-order valence-electron chi connectivity index (χ3n) is 1.47. The van der Waals surface area contributed by atoms with Gasteiger partial charge in [0.25, 0.3) is 0 Å². The van der Waals surface area contributed by atoms with E-state index in [1.807, 2.05) is 0 Å². The molecule has 0 bridgehead atoms. The van der Waals surface area contributed by atoms with Gasteiger partial charge in [-0.05, 0) is 20.4 Å². The zero-order chi connectivity index (χ0) is 5.98. The number of hydrogen-bond acceptors (Lipinski definition) is 1. The summed E-state index contributed by atoms with van der Waals surface area (Å²) in [5.74, 6) is 0. The van der Waals surface area contributed by atoms with Crippen molar-refractivity contribution in [3.8, 4) is 0 Å². The predicted molar refractivity (Wildman–Crippen MR) is 35.3 cm³/mol. The Bertz CT molecular complexity index is 105. The molecule has 1 rings (SSSR count). The molecule has 0 fully saturated rings. The van der Waals surface area contributed by atoms with E-state index in [1.54, 1.807) is 0 Å². The monoisotopic (exact) mass is 110 g/mol. The maximum absolute atomic E-state index is 2.20. The molecule has 1 radical (unpaired) electrons. The molecule has 1 heteroatoms. The molecular weight excluding hydrogens is 98.1 g/mol. The van der Waals surface area contributed by atoms with Gasteiger partial charge in [-0.3, -0.25) is 4.90 Å². The first-order chi connectivity index (χ1) is 3.79. The van der Waals surface area contributed by atoms with Gasteiger partial charge in [-0.25, -0.2) is 0 Å². The molecule has 45 valence electrons. The molecule has 0 aromatic heterocycles. The van der Waals surface area contributed by atoms with Crippen LogP contribution in [-0.4, -0.2) is 18.5 Å². The molecule has 1 nitrogen and oxygen atoms in total. The Kier molecular flexibility index (Phi) is 1.69. The van der Waals surface area contributed by atoms with Crippen molar-refractivity contribution in [1.82, 2.24) is 4.90 Å². The van der Waals surface area contributed by atoms with Crippen molar-refractivity contribution in [2.24, 2.45) is 0 Å². The fourth-order valence-corrected chi connectivity index (χ4v) is 0.765. The van der Waals surface area contributed by atoms with Crippen molar-refractivity contribution in [2.45, 2.75) is 13.3 Å². The highest BCUT2D eigenvalue weighted by molar-refractivity contribution is 5.08. The second kappa shape index (κ2) is 2.31. The first kappa shape index (κ1) is 5.83. The van der Waals surface area contributed by atoms with Crippen LogP contribution in [0.4, 0.5) is 0 Å². The van der Waals surface area contributed by atoms with E-state index >= 15 is 0 Å². The summed E-state index contributed by atoms with van der Waals surface area (Å²) in [4.78, 5) is 2.20. The lowest BCUT2D eigenvalue weighted by molar-refractivity contribution is 0.412. The quantitative estimate of drug-likeness (QED) is 0.456. The summed E-state index contributed by atoms with van der Waals surface area (Å²) in [5, 5.41) is 0. The van der Waals surface area contributed by atoms with Crippen LogP contribution in [0.15, 0.2) is 11.6 Å². The van der Waals surface area contributed by atoms with Crippen LogP contribution in [0.25, 0.3) is 0 Å². The Morgan fingerprint density at radius 3 is 2.75 bits per heavy atom. The highest BCUT2D eigenvalue weighted by atomic mass is 15.1. The zero-order valence-electron chi connectivity index (χ0n) is 5.52. The van der Waals surface area contributed by atoms with E-state index in [2.05, 4.69) is 31.5 Å².